The van der Waals surface area contributed by atoms with Crippen LogP contribution in [0.5, 0.6) is 0 Å². The summed E-state index contributed by atoms with van der Waals surface area (Å²) in [5, 5.41) is 13.2. The molecule has 0 saturated heterocycles. The molecule has 4 rings (SSSR count). The molecule has 0 fully saturated rings. The van der Waals surface area contributed by atoms with Crippen molar-refractivity contribution >= 4 is 5.95 Å². The average molecular weight is 381 g/mol. The number of imidazole rings is 1. The van der Waals surface area contributed by atoms with E-state index in [9.17, 15) is 9.50 Å². The number of nitrogens with zero attached hydrogens (tertiary/aromatic N) is 4. The highest BCUT2D eigenvalue weighted by Crippen LogP contribution is 2.41. The van der Waals surface area contributed by atoms with Crippen molar-refractivity contribution in [1.82, 2.24) is 19.5 Å². The monoisotopic (exact) mass is 381 g/mol. The molecule has 0 bridgehead atoms. The van der Waals surface area contributed by atoms with E-state index >= 15 is 0 Å². The van der Waals surface area contributed by atoms with Gasteiger partial charge in [0.15, 0.2) is 0 Å². The summed E-state index contributed by atoms with van der Waals surface area (Å²) in [6.45, 7) is 5.02. The van der Waals surface area contributed by atoms with Gasteiger partial charge in [0.25, 0.3) is 0 Å². The van der Waals surface area contributed by atoms with Crippen LogP contribution in [0, 0.1) is 11.7 Å². The molecule has 1 aromatic carbocycles. The van der Waals surface area contributed by atoms with Crippen molar-refractivity contribution in [2.45, 2.75) is 32.7 Å². The van der Waals surface area contributed by atoms with Gasteiger partial charge in [-0.25, -0.2) is 19.3 Å². The van der Waals surface area contributed by atoms with Crippen molar-refractivity contribution in [3.8, 4) is 22.6 Å². The minimum atomic E-state index is -0.285. The van der Waals surface area contributed by atoms with E-state index in [1.165, 1.54) is 12.1 Å². The third-order valence-corrected chi connectivity index (χ3v) is 5.21. The third-order valence-electron chi connectivity index (χ3n) is 5.21. The van der Waals surface area contributed by atoms with Gasteiger partial charge in [-0.05, 0) is 42.7 Å². The zero-order valence-electron chi connectivity index (χ0n) is 16.1. The number of benzene rings is 1. The third kappa shape index (κ3) is 3.26. The summed E-state index contributed by atoms with van der Waals surface area (Å²) in [4.78, 5) is 13.8. The second-order valence-corrected chi connectivity index (χ2v) is 7.23. The van der Waals surface area contributed by atoms with E-state index in [1.54, 1.807) is 18.3 Å². The van der Waals surface area contributed by atoms with Crippen LogP contribution in [-0.4, -0.2) is 37.8 Å². The second-order valence-electron chi connectivity index (χ2n) is 7.23. The maximum absolute atomic E-state index is 13.4. The molecule has 146 valence electrons. The van der Waals surface area contributed by atoms with Crippen molar-refractivity contribution in [1.29, 1.82) is 0 Å². The Balaban J connectivity index is 1.88. The number of anilines is 1. The lowest BCUT2D eigenvalue weighted by Gasteiger charge is -2.19. The van der Waals surface area contributed by atoms with E-state index < -0.39 is 0 Å². The second kappa shape index (κ2) is 7.67. The number of halogens is 1. The van der Waals surface area contributed by atoms with Gasteiger partial charge in [0.2, 0.25) is 5.95 Å². The predicted molar refractivity (Wildman–Crippen MR) is 106 cm³/mol. The molecule has 0 unspecified atom stereocenters. The van der Waals surface area contributed by atoms with Gasteiger partial charge in [0.05, 0.1) is 29.7 Å². The number of hydrogen-bond donors (Lipinski definition) is 2. The minimum absolute atomic E-state index is 0.0341. The van der Waals surface area contributed by atoms with Crippen LogP contribution in [0.15, 0.2) is 36.5 Å². The van der Waals surface area contributed by atoms with E-state index in [4.69, 9.17) is 4.98 Å². The molecule has 1 aliphatic heterocycles. The summed E-state index contributed by atoms with van der Waals surface area (Å²) in [5.41, 5.74) is 3.15. The summed E-state index contributed by atoms with van der Waals surface area (Å²) in [6.07, 6.45) is 3.48. The van der Waals surface area contributed by atoms with Crippen LogP contribution in [0.1, 0.15) is 32.1 Å². The van der Waals surface area contributed by atoms with Crippen molar-refractivity contribution < 1.29 is 9.50 Å². The first kappa shape index (κ1) is 18.6. The number of aromatic nitrogens is 4. The maximum atomic E-state index is 13.4. The summed E-state index contributed by atoms with van der Waals surface area (Å²) in [6, 6.07) is 8.12. The molecule has 0 saturated carbocycles. The molecule has 28 heavy (non-hydrogen) atoms. The van der Waals surface area contributed by atoms with E-state index in [0.717, 1.165) is 47.9 Å². The zero-order chi connectivity index (χ0) is 19.7. The summed E-state index contributed by atoms with van der Waals surface area (Å²) >= 11 is 0. The van der Waals surface area contributed by atoms with Crippen LogP contribution >= 0.6 is 0 Å². The van der Waals surface area contributed by atoms with E-state index in [2.05, 4.69) is 33.7 Å². The first-order valence-corrected chi connectivity index (χ1v) is 9.67. The van der Waals surface area contributed by atoms with Crippen molar-refractivity contribution in [3.63, 3.8) is 0 Å². The van der Waals surface area contributed by atoms with Crippen molar-refractivity contribution in [3.05, 3.63) is 48.2 Å². The van der Waals surface area contributed by atoms with Gasteiger partial charge in [-0.15, -0.1) is 0 Å². The van der Waals surface area contributed by atoms with Gasteiger partial charge in [-0.1, -0.05) is 13.8 Å². The van der Waals surface area contributed by atoms with Crippen LogP contribution in [-0.2, 0) is 6.42 Å². The summed E-state index contributed by atoms with van der Waals surface area (Å²) in [5.74, 6) is 1.48. The molecule has 3 heterocycles. The molecular formula is C21H24FN5O. The average Bonchev–Trinajstić information content (AvgIpc) is 3.21. The van der Waals surface area contributed by atoms with Crippen molar-refractivity contribution in [2.75, 3.05) is 18.5 Å². The van der Waals surface area contributed by atoms with Gasteiger partial charge in [-0.3, -0.25) is 0 Å². The van der Waals surface area contributed by atoms with Crippen LogP contribution in [0.2, 0.25) is 0 Å². The van der Waals surface area contributed by atoms with Gasteiger partial charge in [0.1, 0.15) is 11.6 Å². The fourth-order valence-corrected chi connectivity index (χ4v) is 3.79. The van der Waals surface area contributed by atoms with Gasteiger partial charge in [-0.2, -0.15) is 0 Å². The van der Waals surface area contributed by atoms with Crippen LogP contribution < -0.4 is 5.32 Å². The minimum Gasteiger partial charge on any atom is -0.394 e. The molecule has 0 amide bonds. The lowest BCUT2D eigenvalue weighted by molar-refractivity contribution is 0.206. The van der Waals surface area contributed by atoms with E-state index in [0.29, 0.717) is 5.95 Å². The van der Waals surface area contributed by atoms with E-state index in [1.807, 2.05) is 6.07 Å². The highest BCUT2D eigenvalue weighted by Gasteiger charge is 2.35. The number of hydrogen-bond acceptors (Lipinski definition) is 5. The van der Waals surface area contributed by atoms with Crippen LogP contribution in [0.4, 0.5) is 10.3 Å². The number of aliphatic hydroxyl groups excluding tert-OH is 1. The molecule has 0 radical (unpaired) electrons. The smallest absolute Gasteiger partial charge is 0.223 e. The standard InChI is InChI=1S/C21H24FN5O/c1-3-9-23-21-24-10-8-16(25-21)20-19(14-4-6-15(22)7-5-14)26-18-11-13(2)17(12-28)27(18)20/h4-8,10,13,17,28H,3,9,11-12H2,1-2H3,(H,23,24,25)/t13-,17+/m0/s1. The Morgan fingerprint density at radius 3 is 2.71 bits per heavy atom. The molecule has 2 aromatic heterocycles. The quantitative estimate of drug-likeness (QED) is 0.681. The fourth-order valence-electron chi connectivity index (χ4n) is 3.79. The first-order chi connectivity index (χ1) is 13.6. The lowest BCUT2D eigenvalue weighted by atomic mass is 10.0. The molecule has 3 aromatic rings. The molecule has 6 nitrogen and oxygen atoms in total. The number of nitrogens with one attached hydrogen (secondary N) is 1. The maximum Gasteiger partial charge on any atom is 0.223 e. The highest BCUT2D eigenvalue weighted by atomic mass is 19.1. The predicted octanol–water partition coefficient (Wildman–Crippen LogP) is 3.69. The van der Waals surface area contributed by atoms with Crippen molar-refractivity contribution in [2.24, 2.45) is 5.92 Å². The molecule has 2 atom stereocenters. The van der Waals surface area contributed by atoms with Crippen LogP contribution in [0.3, 0.4) is 0 Å². The summed E-state index contributed by atoms with van der Waals surface area (Å²) in [7, 11) is 0. The Morgan fingerprint density at radius 1 is 1.21 bits per heavy atom. The topological polar surface area (TPSA) is 75.9 Å². The summed E-state index contributed by atoms with van der Waals surface area (Å²) < 4.78 is 15.5. The van der Waals surface area contributed by atoms with Gasteiger partial charge >= 0.3 is 0 Å². The molecule has 7 heteroatoms. The first-order valence-electron chi connectivity index (χ1n) is 9.67. The normalized spacial score (nSPS) is 18.3. The number of aliphatic hydroxyl groups is 1. The Hall–Kier alpha value is -2.80. The molecule has 1 aliphatic rings. The van der Waals surface area contributed by atoms with Crippen LogP contribution in [0.25, 0.3) is 22.6 Å². The van der Waals surface area contributed by atoms with E-state index in [-0.39, 0.29) is 24.4 Å². The largest absolute Gasteiger partial charge is 0.394 e. The number of fused-ring (bicyclic) bond motifs is 1. The Bertz CT molecular complexity index is 969. The zero-order valence-corrected chi connectivity index (χ0v) is 16.1. The Kier molecular flexibility index (Phi) is 5.09. The molecule has 0 spiro atoms. The fraction of sp³-hybridized carbons (Fsp3) is 0.381. The van der Waals surface area contributed by atoms with Gasteiger partial charge < -0.3 is 15.0 Å². The molecular weight excluding hydrogens is 357 g/mol. The molecule has 2 N–H and O–H groups in total. The molecule has 0 aliphatic carbocycles. The Morgan fingerprint density at radius 2 is 2.00 bits per heavy atom. The SMILES string of the molecule is CCCNc1nccc(-c2c(-c3ccc(F)cc3)nc3n2[C@H](CO)[C@@H](C)C3)n1. The van der Waals surface area contributed by atoms with Gasteiger partial charge in [0, 0.05) is 24.7 Å². The highest BCUT2D eigenvalue weighted by molar-refractivity contribution is 5.78. The lowest BCUT2D eigenvalue weighted by Crippen LogP contribution is -2.16. The Labute approximate surface area is 163 Å². The number of rotatable bonds is 6.